The largest absolute Gasteiger partial charge is 1.00 e. The molecule has 0 saturated carbocycles. The van der Waals surface area contributed by atoms with Gasteiger partial charge in [-0.25, -0.2) is 0 Å². The number of halogens is 7. The number of carbonyl (C=O) groups is 1. The van der Waals surface area contributed by atoms with E-state index in [1.807, 2.05) is 0 Å². The van der Waals surface area contributed by atoms with Gasteiger partial charge < -0.3 is 9.90 Å². The van der Waals surface area contributed by atoms with Crippen LogP contribution >= 0.6 is 0 Å². The third-order valence-corrected chi connectivity index (χ3v) is 1.01. The molecule has 14 heavy (non-hydrogen) atoms. The van der Waals surface area contributed by atoms with Crippen molar-refractivity contribution in [3.63, 3.8) is 0 Å². The van der Waals surface area contributed by atoms with Crippen LogP contribution in [0.4, 0.5) is 30.7 Å². The first-order valence-electron chi connectivity index (χ1n) is 2.48. The average molecular weight is 220 g/mol. The molecule has 0 aromatic rings. The van der Waals surface area contributed by atoms with E-state index in [1.54, 1.807) is 0 Å². The third kappa shape index (κ3) is 2.33. The summed E-state index contributed by atoms with van der Waals surface area (Å²) in [7, 11) is 0. The smallest absolute Gasteiger partial charge is 0.544 e. The molecule has 0 rings (SSSR count). The predicted octanol–water partition coefficient (Wildman–Crippen LogP) is -2.43. The second-order valence-electron chi connectivity index (χ2n) is 1.93. The molecular formula is C4F7LiO2. The maximum Gasteiger partial charge on any atom is 1.00 e. The molecule has 0 heterocycles. The van der Waals surface area contributed by atoms with E-state index in [9.17, 15) is 40.6 Å². The van der Waals surface area contributed by atoms with Crippen molar-refractivity contribution in [1.82, 2.24) is 0 Å². The van der Waals surface area contributed by atoms with Gasteiger partial charge in [0, 0.05) is 0 Å². The van der Waals surface area contributed by atoms with Crippen LogP contribution in [0.2, 0.25) is 0 Å². The molecule has 0 amide bonds. The standard InChI is InChI=1S/C4HF7O2.Li/c5-2(6,1(12)13)3(7,8)4(9,10)11;/h(H,12,13);/q;+1/p-1. The van der Waals surface area contributed by atoms with E-state index in [4.69, 9.17) is 0 Å². The molecule has 10 heteroatoms. The normalized spacial score (nSPS) is 13.4. The average Bonchev–Trinajstić information content (AvgIpc) is 1.84. The molecule has 0 N–H and O–H groups in total. The monoisotopic (exact) mass is 220 g/mol. The number of hydrogen-bond donors (Lipinski definition) is 0. The van der Waals surface area contributed by atoms with Crippen LogP contribution in [0.1, 0.15) is 0 Å². The predicted molar refractivity (Wildman–Crippen MR) is 21.0 cm³/mol. The van der Waals surface area contributed by atoms with Crippen LogP contribution in [0, 0.1) is 0 Å². The summed E-state index contributed by atoms with van der Waals surface area (Å²) in [6.45, 7) is 0. The van der Waals surface area contributed by atoms with Gasteiger partial charge in [0.05, 0.1) is 0 Å². The summed E-state index contributed by atoms with van der Waals surface area (Å²) in [6.07, 6.45) is -6.64. The summed E-state index contributed by atoms with van der Waals surface area (Å²) >= 11 is 0. The number of carbonyl (C=O) groups excluding carboxylic acids is 1. The van der Waals surface area contributed by atoms with Crippen LogP contribution in [-0.2, 0) is 4.79 Å². The molecule has 0 aliphatic rings. The number of carboxylic acids is 1. The van der Waals surface area contributed by atoms with Gasteiger partial charge in [-0.15, -0.1) is 0 Å². The Bertz CT molecular complexity index is 222. The Kier molecular flexibility index (Phi) is 4.56. The number of hydrogen-bond acceptors (Lipinski definition) is 2. The van der Waals surface area contributed by atoms with Crippen molar-refractivity contribution in [3.8, 4) is 0 Å². The van der Waals surface area contributed by atoms with Gasteiger partial charge in [0.2, 0.25) is 0 Å². The number of carboxylic acid groups (broad SMARTS) is 1. The first-order valence-corrected chi connectivity index (χ1v) is 2.48. The summed E-state index contributed by atoms with van der Waals surface area (Å²) < 4.78 is 80.2. The van der Waals surface area contributed by atoms with E-state index < -0.39 is 24.0 Å². The van der Waals surface area contributed by atoms with Gasteiger partial charge in [0.25, 0.3) is 0 Å². The molecule has 2 nitrogen and oxygen atoms in total. The quantitative estimate of drug-likeness (QED) is 0.383. The van der Waals surface area contributed by atoms with Crippen LogP contribution in [0.3, 0.4) is 0 Å². The van der Waals surface area contributed by atoms with Crippen LogP contribution in [-0.4, -0.2) is 24.0 Å². The van der Waals surface area contributed by atoms with Gasteiger partial charge in [-0.2, -0.15) is 30.7 Å². The Morgan fingerprint density at radius 1 is 0.929 bits per heavy atom. The molecule has 0 aromatic carbocycles. The summed E-state index contributed by atoms with van der Waals surface area (Å²) in [5.74, 6) is -16.7. The fraction of sp³-hybridized carbons (Fsp3) is 0.750. The summed E-state index contributed by atoms with van der Waals surface area (Å²) in [5.41, 5.74) is 0. The molecule has 0 fully saturated rings. The van der Waals surface area contributed by atoms with Gasteiger partial charge in [0.1, 0.15) is 5.97 Å². The van der Waals surface area contributed by atoms with E-state index >= 15 is 0 Å². The summed E-state index contributed by atoms with van der Waals surface area (Å²) in [5, 5.41) is 9.27. The van der Waals surface area contributed by atoms with E-state index in [2.05, 4.69) is 0 Å². The summed E-state index contributed by atoms with van der Waals surface area (Å²) in [6, 6.07) is 0. The molecular weight excluding hydrogens is 220 g/mol. The van der Waals surface area contributed by atoms with Crippen molar-refractivity contribution < 1.29 is 59.5 Å². The fourth-order valence-corrected chi connectivity index (χ4v) is 0.306. The number of rotatable bonds is 2. The summed E-state index contributed by atoms with van der Waals surface area (Å²) in [4.78, 5) is 9.27. The SMILES string of the molecule is O=C([O-])C(F)(F)C(F)(F)C(F)(F)F.[Li+]. The zero-order valence-electron chi connectivity index (χ0n) is 6.46. The molecule has 0 aliphatic heterocycles. The molecule has 0 aliphatic carbocycles. The van der Waals surface area contributed by atoms with E-state index in [0.717, 1.165) is 0 Å². The Labute approximate surface area is 84.2 Å². The van der Waals surface area contributed by atoms with E-state index in [0.29, 0.717) is 0 Å². The van der Waals surface area contributed by atoms with Gasteiger partial charge >= 0.3 is 36.9 Å². The maximum absolute atomic E-state index is 11.7. The van der Waals surface area contributed by atoms with Crippen molar-refractivity contribution in [2.24, 2.45) is 0 Å². The molecule has 0 radical (unpaired) electrons. The van der Waals surface area contributed by atoms with Crippen molar-refractivity contribution in [3.05, 3.63) is 0 Å². The topological polar surface area (TPSA) is 40.1 Å². The second kappa shape index (κ2) is 3.98. The van der Waals surface area contributed by atoms with Crippen LogP contribution in [0.25, 0.3) is 0 Å². The van der Waals surface area contributed by atoms with Gasteiger partial charge in [-0.1, -0.05) is 0 Å². The second-order valence-corrected chi connectivity index (χ2v) is 1.93. The van der Waals surface area contributed by atoms with E-state index in [1.165, 1.54) is 0 Å². The Balaban J connectivity index is 0. The molecule has 0 unspecified atom stereocenters. The first-order chi connectivity index (χ1) is 5.44. The van der Waals surface area contributed by atoms with Crippen molar-refractivity contribution in [2.45, 2.75) is 18.0 Å². The fourth-order valence-electron chi connectivity index (χ4n) is 0.306. The van der Waals surface area contributed by atoms with Crippen molar-refractivity contribution in [2.75, 3.05) is 0 Å². The zero-order chi connectivity index (χ0) is 11.1. The molecule has 0 saturated heterocycles. The Morgan fingerprint density at radius 3 is 1.29 bits per heavy atom. The first kappa shape index (κ1) is 16.0. The van der Waals surface area contributed by atoms with Crippen molar-refractivity contribution >= 4 is 5.97 Å². The van der Waals surface area contributed by atoms with Gasteiger partial charge in [0.15, 0.2) is 0 Å². The number of alkyl halides is 7. The molecule has 0 spiro atoms. The molecule has 0 atom stereocenters. The molecule has 0 aromatic heterocycles. The van der Waals surface area contributed by atoms with Crippen LogP contribution < -0.4 is 24.0 Å². The number of aliphatic carboxylic acids is 1. The van der Waals surface area contributed by atoms with Gasteiger partial charge in [-0.05, 0) is 0 Å². The van der Waals surface area contributed by atoms with Gasteiger partial charge in [-0.3, -0.25) is 0 Å². The third-order valence-electron chi connectivity index (χ3n) is 1.01. The Morgan fingerprint density at radius 2 is 1.21 bits per heavy atom. The minimum atomic E-state index is -6.64. The zero-order valence-corrected chi connectivity index (χ0v) is 6.46. The van der Waals surface area contributed by atoms with Crippen molar-refractivity contribution in [1.29, 1.82) is 0 Å². The minimum absolute atomic E-state index is 0. The maximum atomic E-state index is 11.7. The Hall–Kier alpha value is -0.423. The van der Waals surface area contributed by atoms with Crippen LogP contribution in [0.5, 0.6) is 0 Å². The minimum Gasteiger partial charge on any atom is -0.544 e. The molecule has 78 valence electrons. The van der Waals surface area contributed by atoms with Crippen LogP contribution in [0.15, 0.2) is 0 Å². The van der Waals surface area contributed by atoms with E-state index in [-0.39, 0.29) is 18.9 Å². The molecule has 0 bridgehead atoms.